The van der Waals surface area contributed by atoms with Crippen molar-refractivity contribution in [2.45, 2.75) is 226 Å². The topological polar surface area (TPSA) is 19.7 Å². The second kappa shape index (κ2) is 28.3. The first-order chi connectivity index (χ1) is 19.7. The van der Waals surface area contributed by atoms with E-state index in [0.717, 1.165) is 0 Å². The van der Waals surface area contributed by atoms with Gasteiger partial charge in [0.2, 0.25) is 0 Å². The Kier molecular flexibility index (Phi) is 26.4. The quantitative estimate of drug-likeness (QED) is 0.0689. The van der Waals surface area contributed by atoms with E-state index in [2.05, 4.69) is 49.6 Å². The van der Waals surface area contributed by atoms with Crippen molar-refractivity contribution in [3.63, 3.8) is 0 Å². The Balaban J connectivity index is 2.26. The van der Waals surface area contributed by atoms with Crippen LogP contribution >= 0.6 is 0 Å². The molecule has 0 radical (unpaired) electrons. The highest BCUT2D eigenvalue weighted by Crippen LogP contribution is 2.27. The molecule has 0 saturated heterocycles. The number of hydrogen-bond donors (Lipinski definition) is 1. The van der Waals surface area contributed by atoms with Gasteiger partial charge in [0.05, 0.1) is 12.0 Å². The van der Waals surface area contributed by atoms with E-state index >= 15 is 0 Å². The van der Waals surface area contributed by atoms with Gasteiger partial charge in [-0.05, 0) is 26.2 Å². The number of nitrogens with one attached hydrogen (secondary N) is 1. The standard InChI is InChI=1S/C38H74N2/c1-5-8-10-12-14-16-18-20-22-24-26-28-30-33-37(38-39-34-35-40(38)36(4)31-7-3)32-29-27-25-23-21-19-17-15-13-11-9-6-2/h34-37H,5-33H2,1-4H3/p+1. The van der Waals surface area contributed by atoms with Gasteiger partial charge in [0.15, 0.2) is 0 Å². The van der Waals surface area contributed by atoms with E-state index in [0.29, 0.717) is 12.0 Å². The summed E-state index contributed by atoms with van der Waals surface area (Å²) in [7, 11) is 0. The average molecular weight is 560 g/mol. The average Bonchev–Trinajstić information content (AvgIpc) is 3.45. The molecule has 40 heavy (non-hydrogen) atoms. The van der Waals surface area contributed by atoms with Crippen molar-refractivity contribution in [2.24, 2.45) is 0 Å². The summed E-state index contributed by atoms with van der Waals surface area (Å²) in [4.78, 5) is 3.70. The van der Waals surface area contributed by atoms with Gasteiger partial charge in [0.1, 0.15) is 12.4 Å². The van der Waals surface area contributed by atoms with Crippen LogP contribution in [0.2, 0.25) is 0 Å². The summed E-state index contributed by atoms with van der Waals surface area (Å²) in [5.41, 5.74) is 0. The molecule has 0 aromatic carbocycles. The van der Waals surface area contributed by atoms with Crippen LogP contribution in [0.15, 0.2) is 12.4 Å². The SMILES string of the molecule is CCCCCCCCCCCCCCCC(CCCCCCCCCCCCCC)c1[nH]cc[n+]1C(C)CCC. The molecule has 2 heteroatoms. The molecule has 2 nitrogen and oxygen atoms in total. The molecule has 0 aliphatic rings. The smallest absolute Gasteiger partial charge is 0.247 e. The molecule has 2 atom stereocenters. The van der Waals surface area contributed by atoms with Crippen LogP contribution in [0.4, 0.5) is 0 Å². The minimum atomic E-state index is 0.613. The van der Waals surface area contributed by atoms with Crippen LogP contribution in [-0.4, -0.2) is 4.98 Å². The highest BCUT2D eigenvalue weighted by atomic mass is 15.1. The van der Waals surface area contributed by atoms with Crippen molar-refractivity contribution >= 4 is 0 Å². The van der Waals surface area contributed by atoms with E-state index in [1.54, 1.807) is 0 Å². The number of H-pyrrole nitrogens is 1. The zero-order chi connectivity index (χ0) is 28.9. The lowest BCUT2D eigenvalue weighted by atomic mass is 9.92. The van der Waals surface area contributed by atoms with Gasteiger partial charge in [-0.2, -0.15) is 0 Å². The molecule has 0 spiro atoms. The molecule has 0 bridgehead atoms. The number of aromatic amines is 1. The summed E-state index contributed by atoms with van der Waals surface area (Å²) < 4.78 is 2.58. The number of unbranched alkanes of at least 4 members (excludes halogenated alkanes) is 23. The van der Waals surface area contributed by atoms with Crippen LogP contribution in [0, 0.1) is 0 Å². The number of nitrogens with zero attached hydrogens (tertiary/aromatic N) is 1. The van der Waals surface area contributed by atoms with E-state index in [4.69, 9.17) is 0 Å². The lowest BCUT2D eigenvalue weighted by Gasteiger charge is -2.17. The molecule has 1 rings (SSSR count). The van der Waals surface area contributed by atoms with Gasteiger partial charge in [0.25, 0.3) is 5.82 Å². The summed E-state index contributed by atoms with van der Waals surface area (Å²) in [6, 6.07) is 0.613. The lowest BCUT2D eigenvalue weighted by Crippen LogP contribution is -2.41. The molecule has 1 aromatic rings. The lowest BCUT2D eigenvalue weighted by molar-refractivity contribution is -0.727. The molecule has 0 aliphatic heterocycles. The normalized spacial score (nSPS) is 13.2. The van der Waals surface area contributed by atoms with E-state index in [1.165, 1.54) is 192 Å². The maximum absolute atomic E-state index is 3.70. The van der Waals surface area contributed by atoms with Crippen molar-refractivity contribution in [3.8, 4) is 0 Å². The second-order valence-corrected chi connectivity index (χ2v) is 13.3. The molecule has 0 aliphatic carbocycles. The van der Waals surface area contributed by atoms with Crippen LogP contribution < -0.4 is 4.57 Å². The zero-order valence-electron chi connectivity index (χ0n) is 28.3. The summed E-state index contributed by atoms with van der Waals surface area (Å²) in [6.45, 7) is 9.35. The zero-order valence-corrected chi connectivity index (χ0v) is 28.3. The van der Waals surface area contributed by atoms with Crippen molar-refractivity contribution < 1.29 is 4.57 Å². The third-order valence-corrected chi connectivity index (χ3v) is 9.37. The predicted octanol–water partition coefficient (Wildman–Crippen LogP) is 13.3. The monoisotopic (exact) mass is 560 g/mol. The molecule has 1 heterocycles. The van der Waals surface area contributed by atoms with Gasteiger partial charge in [-0.25, -0.2) is 9.55 Å². The minimum Gasteiger partial charge on any atom is -0.247 e. The van der Waals surface area contributed by atoms with E-state index in [-0.39, 0.29) is 0 Å². The Hall–Kier alpha value is -0.790. The first-order valence-corrected chi connectivity index (χ1v) is 18.8. The minimum absolute atomic E-state index is 0.613. The maximum atomic E-state index is 3.70. The Bertz CT molecular complexity index is 621. The first-order valence-electron chi connectivity index (χ1n) is 18.8. The van der Waals surface area contributed by atoms with Gasteiger partial charge in [-0.3, -0.25) is 0 Å². The highest BCUT2D eigenvalue weighted by Gasteiger charge is 2.25. The van der Waals surface area contributed by atoms with Gasteiger partial charge >= 0.3 is 0 Å². The fourth-order valence-electron chi connectivity index (χ4n) is 6.69. The third-order valence-electron chi connectivity index (χ3n) is 9.37. The molecule has 0 amide bonds. The van der Waals surface area contributed by atoms with E-state index < -0.39 is 0 Å². The van der Waals surface area contributed by atoms with Gasteiger partial charge < -0.3 is 0 Å². The molecular weight excluding hydrogens is 484 g/mol. The van der Waals surface area contributed by atoms with Crippen LogP contribution in [0.25, 0.3) is 0 Å². The fraction of sp³-hybridized carbons (Fsp3) is 0.921. The number of imidazole rings is 1. The Morgan fingerprint density at radius 1 is 0.475 bits per heavy atom. The van der Waals surface area contributed by atoms with Crippen molar-refractivity contribution in [1.29, 1.82) is 0 Å². The second-order valence-electron chi connectivity index (χ2n) is 13.3. The molecule has 1 aromatic heterocycles. The fourth-order valence-corrected chi connectivity index (χ4v) is 6.69. The van der Waals surface area contributed by atoms with Crippen LogP contribution in [0.5, 0.6) is 0 Å². The van der Waals surface area contributed by atoms with E-state index in [9.17, 15) is 0 Å². The van der Waals surface area contributed by atoms with Crippen LogP contribution in [-0.2, 0) is 0 Å². The molecule has 0 saturated carbocycles. The molecule has 2 unspecified atom stereocenters. The van der Waals surface area contributed by atoms with Crippen molar-refractivity contribution in [2.75, 3.05) is 0 Å². The maximum Gasteiger partial charge on any atom is 0.257 e. The summed E-state index contributed by atoms with van der Waals surface area (Å²) in [6.07, 6.45) is 45.9. The predicted molar refractivity (Wildman–Crippen MR) is 179 cm³/mol. The Labute approximate surface area is 253 Å². The molecule has 0 fully saturated rings. The molecular formula is C38H75N2+. The van der Waals surface area contributed by atoms with Gasteiger partial charge in [-0.1, -0.05) is 188 Å². The van der Waals surface area contributed by atoms with Gasteiger partial charge in [-0.15, -0.1) is 0 Å². The Morgan fingerprint density at radius 3 is 1.18 bits per heavy atom. The molecule has 1 N–H and O–H groups in total. The Morgan fingerprint density at radius 2 is 0.825 bits per heavy atom. The number of aromatic nitrogens is 2. The molecule has 236 valence electrons. The van der Waals surface area contributed by atoms with Crippen molar-refractivity contribution in [3.05, 3.63) is 18.2 Å². The first kappa shape index (κ1) is 37.2. The third kappa shape index (κ3) is 20.1. The summed E-state index contributed by atoms with van der Waals surface area (Å²) in [5.74, 6) is 2.23. The van der Waals surface area contributed by atoms with E-state index in [1.807, 2.05) is 0 Å². The number of hydrogen-bond acceptors (Lipinski definition) is 0. The number of rotatable bonds is 31. The van der Waals surface area contributed by atoms with Crippen molar-refractivity contribution in [1.82, 2.24) is 4.98 Å². The highest BCUT2D eigenvalue weighted by molar-refractivity contribution is 4.90. The van der Waals surface area contributed by atoms with Gasteiger partial charge in [0, 0.05) is 0 Å². The largest absolute Gasteiger partial charge is 0.257 e. The summed E-state index contributed by atoms with van der Waals surface area (Å²) >= 11 is 0. The van der Waals surface area contributed by atoms with Crippen LogP contribution in [0.3, 0.4) is 0 Å². The van der Waals surface area contributed by atoms with Crippen LogP contribution in [0.1, 0.15) is 232 Å². The summed E-state index contributed by atoms with van der Waals surface area (Å²) in [5, 5.41) is 0.